The number of carbonyl (C=O) groups is 1. The summed E-state index contributed by atoms with van der Waals surface area (Å²) in [7, 11) is 3.43. The zero-order chi connectivity index (χ0) is 30.2. The number of carboxylic acids is 1. The van der Waals surface area contributed by atoms with Gasteiger partial charge in [-0.2, -0.15) is 12.2 Å². The number of benzene rings is 1. The maximum atomic E-state index is 15.0. The summed E-state index contributed by atoms with van der Waals surface area (Å²) in [6.45, 7) is 13.3. The average molecular weight is 594 g/mol. The molecule has 0 saturated heterocycles. The minimum atomic E-state index is -0.989. The maximum Gasteiger partial charge on any atom is 1.00 e. The molecule has 4 rings (SSSR count). The van der Waals surface area contributed by atoms with E-state index >= 15 is 4.39 Å². The van der Waals surface area contributed by atoms with E-state index in [0.717, 1.165) is 17.5 Å². The van der Waals surface area contributed by atoms with Crippen LogP contribution < -0.4 is 56.1 Å². The van der Waals surface area contributed by atoms with Gasteiger partial charge in [0.2, 0.25) is 0 Å². The first-order valence-corrected chi connectivity index (χ1v) is 13.0. The molecule has 10 heteroatoms. The molecule has 41 heavy (non-hydrogen) atoms. The molecule has 0 spiro atoms. The summed E-state index contributed by atoms with van der Waals surface area (Å²) in [5, 5.41) is 18.8. The van der Waals surface area contributed by atoms with Crippen molar-refractivity contribution in [3.05, 3.63) is 59.0 Å². The van der Waals surface area contributed by atoms with E-state index in [4.69, 9.17) is 9.84 Å². The number of hydrogen-bond donors (Lipinski definition) is 2. The Hall–Kier alpha value is -1.92. The van der Waals surface area contributed by atoms with Crippen LogP contribution in [0.25, 0.3) is 28.2 Å². The van der Waals surface area contributed by atoms with Crippen molar-refractivity contribution in [1.29, 1.82) is 0 Å². The van der Waals surface area contributed by atoms with E-state index in [1.165, 1.54) is 12.1 Å². The van der Waals surface area contributed by atoms with E-state index in [1.807, 2.05) is 24.6 Å². The minimum Gasteiger partial charge on any atom is -0.490 e. The van der Waals surface area contributed by atoms with Crippen LogP contribution in [-0.2, 0) is 34.2 Å². The summed E-state index contributed by atoms with van der Waals surface area (Å²) in [6, 6.07) is 3.27. The number of methoxy groups -OCH3 is 1. The summed E-state index contributed by atoms with van der Waals surface area (Å²) >= 11 is 0. The zero-order valence-electron chi connectivity index (χ0n) is 25.4. The quantitative estimate of drug-likeness (QED) is 0.256. The van der Waals surface area contributed by atoms with Crippen molar-refractivity contribution in [2.45, 2.75) is 59.5 Å². The molecule has 0 atom stereocenters. The van der Waals surface area contributed by atoms with Crippen molar-refractivity contribution in [2.75, 3.05) is 20.3 Å². The Bertz CT molecular complexity index is 1380. The summed E-state index contributed by atoms with van der Waals surface area (Å²) in [6.07, 6.45) is 5.86. The Labute approximate surface area is 284 Å². The second-order valence-corrected chi connectivity index (χ2v) is 10.4. The van der Waals surface area contributed by atoms with E-state index in [1.54, 1.807) is 47.2 Å². The number of halogens is 1. The van der Waals surface area contributed by atoms with Gasteiger partial charge in [-0.1, -0.05) is 6.61 Å². The molecule has 0 bridgehead atoms. The van der Waals surface area contributed by atoms with Gasteiger partial charge in [-0.15, -0.1) is 0 Å². The fourth-order valence-corrected chi connectivity index (χ4v) is 4.37. The number of carboxylic acid groups (broad SMARTS) is 1. The van der Waals surface area contributed by atoms with Gasteiger partial charge < -0.3 is 36.0 Å². The van der Waals surface area contributed by atoms with Gasteiger partial charge in [0.05, 0.1) is 18.6 Å². The third-order valence-electron chi connectivity index (χ3n) is 6.08. The number of nitrogens with zero attached hydrogens (tertiary/aromatic N) is 2. The molecule has 2 aromatic heterocycles. The number of pyridine rings is 1. The van der Waals surface area contributed by atoms with Crippen LogP contribution >= 0.6 is 0 Å². The second-order valence-electron chi connectivity index (χ2n) is 10.4. The van der Waals surface area contributed by atoms with Crippen LogP contribution in [-0.4, -0.2) is 57.9 Å². The molecule has 8 nitrogen and oxygen atoms in total. The fourth-order valence-electron chi connectivity index (χ4n) is 4.37. The molecule has 0 aliphatic carbocycles. The van der Waals surface area contributed by atoms with E-state index in [2.05, 4.69) is 16.6 Å². The first-order valence-electron chi connectivity index (χ1n) is 13.0. The van der Waals surface area contributed by atoms with Crippen LogP contribution in [0.2, 0.25) is 0 Å². The molecule has 0 amide bonds. The van der Waals surface area contributed by atoms with Crippen molar-refractivity contribution >= 4 is 29.4 Å². The second kappa shape index (κ2) is 16.6. The van der Waals surface area contributed by atoms with Crippen LogP contribution in [0, 0.1) is 26.6 Å². The number of aromatic nitrogens is 2. The molecule has 218 valence electrons. The van der Waals surface area contributed by atoms with Gasteiger partial charge in [0.15, 0.2) is 11.6 Å². The molecule has 0 fully saturated rings. The Balaban J connectivity index is 0.000000736. The molecular weight excluding hydrogens is 554 g/mol. The first kappa shape index (κ1) is 37.1. The zero-order valence-corrected chi connectivity index (χ0v) is 28.5. The van der Waals surface area contributed by atoms with Gasteiger partial charge in [0.25, 0.3) is 0 Å². The summed E-state index contributed by atoms with van der Waals surface area (Å²) < 4.78 is 26.8. The number of hydrogen-bond acceptors (Lipinski definition) is 6. The Morgan fingerprint density at radius 3 is 2.46 bits per heavy atom. The van der Waals surface area contributed by atoms with Crippen molar-refractivity contribution in [2.24, 2.45) is 7.05 Å². The first-order chi connectivity index (χ1) is 18.7. The maximum absolute atomic E-state index is 15.0. The number of aliphatic hydroxyl groups is 1. The van der Waals surface area contributed by atoms with Gasteiger partial charge >= 0.3 is 57.4 Å². The molecule has 0 radical (unpaired) electrons. The van der Waals surface area contributed by atoms with Gasteiger partial charge in [-0.05, 0) is 93.8 Å². The normalized spacial score (nSPS) is 12.3. The number of ether oxygens (including phenoxy) is 2. The molecule has 1 aromatic carbocycles. The topological polar surface area (TPSA) is 111 Å². The standard InChI is InChI=1S/C24H22FN2O4.C4H10O.C3H7O.K/c1-13-16-7-5-9-31-23(16)20(25)11-17(13)22-18(12-21(29)30)14(2)26-24-19(22)10-15(27(24)3)6-4-8-28;1-4(2,3)5;1-3-4-2;/h4,6,10-11H,5,7,9,12H2,1-3H3,(H,29,30);5H,1-3H3;1,3H2,2H3;/q-1;;-1;+1/b6-4+;;;. The predicted octanol–water partition coefficient (Wildman–Crippen LogP) is 2.32. The smallest absolute Gasteiger partial charge is 0.490 e. The van der Waals surface area contributed by atoms with Crippen molar-refractivity contribution in [3.63, 3.8) is 0 Å². The molecule has 3 aromatic rings. The number of carbonyl (C=O) groups excluding carboxylic acids is 1. The third-order valence-corrected chi connectivity index (χ3v) is 6.08. The van der Waals surface area contributed by atoms with Gasteiger partial charge in [0.1, 0.15) is 5.65 Å². The van der Waals surface area contributed by atoms with Gasteiger partial charge in [-0.25, -0.2) is 9.37 Å². The van der Waals surface area contributed by atoms with E-state index < -0.39 is 17.4 Å². The van der Waals surface area contributed by atoms with E-state index in [0.29, 0.717) is 58.7 Å². The Morgan fingerprint density at radius 1 is 1.32 bits per heavy atom. The molecule has 1 aliphatic rings. The van der Waals surface area contributed by atoms with Gasteiger partial charge in [-0.3, -0.25) is 4.79 Å². The number of rotatable bonds is 6. The molecule has 0 unspecified atom stereocenters. The van der Waals surface area contributed by atoms with E-state index in [9.17, 15) is 14.7 Å². The molecular formula is C31H39FKN2O6-. The number of fused-ring (bicyclic) bond motifs is 2. The molecule has 3 heterocycles. The van der Waals surface area contributed by atoms with Gasteiger partial charge in [0, 0.05) is 30.8 Å². The minimum absolute atomic E-state index is 0. The Kier molecular flexibility index (Phi) is 15.1. The van der Waals surface area contributed by atoms with Crippen LogP contribution in [0.1, 0.15) is 55.3 Å². The number of aryl methyl sites for hydroxylation is 2. The van der Waals surface area contributed by atoms with E-state index in [-0.39, 0.29) is 63.6 Å². The summed E-state index contributed by atoms with van der Waals surface area (Å²) in [5.41, 5.74) is 4.92. The summed E-state index contributed by atoms with van der Waals surface area (Å²) in [5.74, 6) is -1.16. The van der Waals surface area contributed by atoms with Crippen LogP contribution in [0.3, 0.4) is 0 Å². The average Bonchev–Trinajstić information content (AvgIpc) is 3.19. The number of aliphatic carboxylic acids is 1. The third kappa shape index (κ3) is 10.1. The SMILES string of the molecule is CC(C)(C)O.Cc1nc2c(cc(/C=C/[C-]=O)n2C)c(-c2cc(F)c3c(c2C)CCCO3)c1CC(=O)O.[CH2-]COC.[K+]. The molecule has 0 saturated carbocycles. The van der Waals surface area contributed by atoms with Crippen LogP contribution in [0.15, 0.2) is 18.2 Å². The Morgan fingerprint density at radius 2 is 1.93 bits per heavy atom. The van der Waals surface area contributed by atoms with Crippen molar-refractivity contribution in [1.82, 2.24) is 9.55 Å². The monoisotopic (exact) mass is 593 g/mol. The number of allylic oxidation sites excluding steroid dienone is 1. The van der Waals surface area contributed by atoms with Crippen molar-refractivity contribution < 1.29 is 85.1 Å². The van der Waals surface area contributed by atoms with Crippen LogP contribution in [0.5, 0.6) is 5.75 Å². The predicted molar refractivity (Wildman–Crippen MR) is 155 cm³/mol. The fraction of sp³-hybridized carbons (Fsp3) is 0.419. The largest absolute Gasteiger partial charge is 1.00 e. The van der Waals surface area contributed by atoms with Crippen LogP contribution in [0.4, 0.5) is 4.39 Å². The summed E-state index contributed by atoms with van der Waals surface area (Å²) in [4.78, 5) is 27.0. The van der Waals surface area contributed by atoms with Crippen molar-refractivity contribution in [3.8, 4) is 16.9 Å². The molecule has 2 N–H and O–H groups in total. The molecule has 1 aliphatic heterocycles.